The van der Waals surface area contributed by atoms with Crippen molar-refractivity contribution in [3.8, 4) is 16.9 Å². The number of aryl methyl sites for hydroxylation is 1. The topological polar surface area (TPSA) is 158 Å². The van der Waals surface area contributed by atoms with Crippen molar-refractivity contribution in [3.05, 3.63) is 107 Å². The Morgan fingerprint density at radius 3 is 2.22 bits per heavy atom. The maximum Gasteiger partial charge on any atom is 0.435 e. The number of nitrogens with one attached hydrogen (secondary N) is 1. The number of nitrogens with zero attached hydrogens (tertiary/aromatic N) is 5. The summed E-state index contributed by atoms with van der Waals surface area (Å²) in [6, 6.07) is 19.4. The van der Waals surface area contributed by atoms with E-state index in [0.717, 1.165) is 33.5 Å². The lowest BCUT2D eigenvalue weighted by Gasteiger charge is -2.23. The van der Waals surface area contributed by atoms with Crippen LogP contribution in [-0.2, 0) is 41.8 Å². The molecule has 13 nitrogen and oxygen atoms in total. The number of carbonyl (C=O) groups excluding carboxylic acids is 2. The van der Waals surface area contributed by atoms with Gasteiger partial charge in [-0.05, 0) is 63.6 Å². The number of ether oxygens (including phenoxy) is 1. The highest BCUT2D eigenvalue weighted by molar-refractivity contribution is 7.90. The molecule has 0 bridgehead atoms. The summed E-state index contributed by atoms with van der Waals surface area (Å²) < 4.78 is 75.4. The lowest BCUT2D eigenvalue weighted by atomic mass is 9.98. The van der Waals surface area contributed by atoms with Crippen LogP contribution in [0.1, 0.15) is 37.6 Å². The molecule has 0 radical (unpaired) electrons. The van der Waals surface area contributed by atoms with Crippen LogP contribution in [0, 0.1) is 17.5 Å². The second-order valence-electron chi connectivity index (χ2n) is 12.2. The summed E-state index contributed by atoms with van der Waals surface area (Å²) in [6.07, 6.45) is -4.87. The van der Waals surface area contributed by atoms with Gasteiger partial charge >= 0.3 is 12.1 Å². The first-order valence-electron chi connectivity index (χ1n) is 15.0. The fourth-order valence-corrected chi connectivity index (χ4v) is 5.46. The Hall–Kier alpha value is -5.45. The second-order valence-corrected chi connectivity index (χ2v) is 13.9. The zero-order valence-corrected chi connectivity index (χ0v) is 28.5. The van der Waals surface area contributed by atoms with Gasteiger partial charge in [0.25, 0.3) is 22.7 Å². The van der Waals surface area contributed by atoms with Crippen molar-refractivity contribution in [2.75, 3.05) is 13.8 Å². The lowest BCUT2D eigenvalue weighted by Crippen LogP contribution is -2.50. The van der Waals surface area contributed by atoms with Crippen molar-refractivity contribution in [3.63, 3.8) is 0 Å². The van der Waals surface area contributed by atoms with E-state index in [-0.39, 0.29) is 27.7 Å². The molecule has 0 fully saturated rings. The standard InChI is InChI=1S/C33H35F3N6O7S/c1-22-11-13-24(14-12-22)27-20-29(33(34,35)36)37-41(27)25-15-17-26(18-16-25)50(46,47)38-30(43)28(19-23-9-7-6-8-10-23)40(5)42(45)39-49-21-48-31(44)32(2,3)4/h6-18,20,28H,19,21H2,1-5H3,(H,38,43)/t28-/m0/s1. The summed E-state index contributed by atoms with van der Waals surface area (Å²) in [5, 5.41) is 20.5. The minimum absolute atomic E-state index is 0.0928. The third-order valence-electron chi connectivity index (χ3n) is 7.25. The smallest absolute Gasteiger partial charge is 0.435 e. The van der Waals surface area contributed by atoms with E-state index in [4.69, 9.17) is 9.57 Å². The first-order chi connectivity index (χ1) is 23.4. The van der Waals surface area contributed by atoms with Crippen LogP contribution in [-0.4, -0.2) is 59.9 Å². The van der Waals surface area contributed by atoms with E-state index >= 15 is 0 Å². The molecule has 0 spiro atoms. The van der Waals surface area contributed by atoms with Crippen molar-refractivity contribution in [1.29, 1.82) is 0 Å². The zero-order chi connectivity index (χ0) is 36.9. The molecule has 0 aliphatic heterocycles. The molecular formula is C33H35F3N6O7S. The van der Waals surface area contributed by atoms with Gasteiger partial charge in [0.2, 0.25) is 5.28 Å². The summed E-state index contributed by atoms with van der Waals surface area (Å²) in [7, 11) is -3.38. The third kappa shape index (κ3) is 9.37. The van der Waals surface area contributed by atoms with Gasteiger partial charge in [0.15, 0.2) is 11.7 Å². The summed E-state index contributed by atoms with van der Waals surface area (Å²) in [5.41, 5.74) is 0.206. The molecule has 1 aromatic heterocycles. The highest BCUT2D eigenvalue weighted by atomic mass is 32.2. The van der Waals surface area contributed by atoms with E-state index in [1.807, 2.05) is 11.6 Å². The molecule has 3 aromatic carbocycles. The molecular weight excluding hydrogens is 681 g/mol. The van der Waals surface area contributed by atoms with Gasteiger partial charge in [-0.1, -0.05) is 60.2 Å². The predicted molar refractivity (Wildman–Crippen MR) is 173 cm³/mol. The first kappa shape index (κ1) is 37.4. The van der Waals surface area contributed by atoms with E-state index in [1.165, 1.54) is 19.2 Å². The highest BCUT2D eigenvalue weighted by Crippen LogP contribution is 2.33. The van der Waals surface area contributed by atoms with Gasteiger partial charge < -0.3 is 14.8 Å². The molecule has 17 heteroatoms. The number of halogens is 3. The summed E-state index contributed by atoms with van der Waals surface area (Å²) in [6.45, 7) is 5.99. The Labute approximate surface area is 286 Å². The molecule has 0 saturated carbocycles. The molecule has 4 rings (SSSR count). The Kier molecular flexibility index (Phi) is 11.2. The number of hydrazine groups is 1. The van der Waals surface area contributed by atoms with Crippen molar-refractivity contribution in [2.24, 2.45) is 10.7 Å². The number of esters is 1. The molecule has 266 valence electrons. The van der Waals surface area contributed by atoms with E-state index in [1.54, 1.807) is 75.4 Å². The van der Waals surface area contributed by atoms with Gasteiger partial charge in [-0.25, -0.2) is 17.8 Å². The number of hydrogen-bond acceptors (Lipinski definition) is 9. The second kappa shape index (κ2) is 15.0. The van der Waals surface area contributed by atoms with Crippen molar-refractivity contribution < 1.29 is 45.7 Å². The Bertz CT molecular complexity index is 1940. The molecule has 4 aromatic rings. The van der Waals surface area contributed by atoms with Crippen LogP contribution < -0.4 is 4.72 Å². The van der Waals surface area contributed by atoms with Crippen molar-refractivity contribution in [1.82, 2.24) is 19.5 Å². The van der Waals surface area contributed by atoms with Crippen LogP contribution in [0.4, 0.5) is 13.2 Å². The highest BCUT2D eigenvalue weighted by Gasteiger charge is 2.36. The molecule has 1 N–H and O–H groups in total. The number of sulfonamides is 1. The van der Waals surface area contributed by atoms with Crippen molar-refractivity contribution >= 4 is 21.9 Å². The van der Waals surface area contributed by atoms with Gasteiger partial charge in [-0.3, -0.25) is 9.59 Å². The number of carbonyl (C=O) groups is 2. The van der Waals surface area contributed by atoms with Gasteiger partial charge in [0.1, 0.15) is 0 Å². The van der Waals surface area contributed by atoms with Gasteiger partial charge in [0.05, 0.1) is 33.7 Å². The zero-order valence-electron chi connectivity index (χ0n) is 27.7. The molecule has 1 amide bonds. The van der Waals surface area contributed by atoms with E-state index in [0.29, 0.717) is 11.1 Å². The maximum atomic E-state index is 13.6. The van der Waals surface area contributed by atoms with Crippen molar-refractivity contribution in [2.45, 2.75) is 51.2 Å². The normalized spacial score (nSPS) is 13.0. The Balaban J connectivity index is 1.56. The maximum absolute atomic E-state index is 13.6. The molecule has 50 heavy (non-hydrogen) atoms. The lowest BCUT2D eigenvalue weighted by molar-refractivity contribution is -0.710. The Morgan fingerprint density at radius 2 is 1.64 bits per heavy atom. The predicted octanol–water partition coefficient (Wildman–Crippen LogP) is 5.57. The van der Waals surface area contributed by atoms with Gasteiger partial charge in [-0.15, -0.1) is 5.01 Å². The van der Waals surface area contributed by atoms with Crippen LogP contribution >= 0.6 is 0 Å². The molecule has 0 aliphatic rings. The molecule has 1 heterocycles. The fourth-order valence-electron chi connectivity index (χ4n) is 4.45. The van der Waals surface area contributed by atoms with E-state index in [2.05, 4.69) is 10.4 Å². The van der Waals surface area contributed by atoms with Gasteiger partial charge in [0, 0.05) is 12.0 Å². The molecule has 0 unspecified atom stereocenters. The quantitative estimate of drug-likeness (QED) is 0.0494. The largest absolute Gasteiger partial charge is 0.569 e. The minimum atomic E-state index is -4.74. The SMILES string of the molecule is Cc1ccc(-c2cc(C(F)(F)F)nn2-c2ccc(S(=O)(=O)NC(=O)[C@H](Cc3ccccc3)N(C)[N+]([O-])=NOCOC(=O)C(C)(C)C)cc2)cc1. The number of benzene rings is 3. The summed E-state index contributed by atoms with van der Waals surface area (Å²) in [4.78, 5) is 29.7. The fraction of sp³-hybridized carbons (Fsp3) is 0.303. The van der Waals surface area contributed by atoms with Crippen LogP contribution in [0.25, 0.3) is 16.9 Å². The van der Waals surface area contributed by atoms with Crippen LogP contribution in [0.3, 0.4) is 0 Å². The first-order valence-corrected chi connectivity index (χ1v) is 16.5. The third-order valence-corrected chi connectivity index (χ3v) is 8.61. The van der Waals surface area contributed by atoms with Crippen LogP contribution in [0.5, 0.6) is 0 Å². The molecule has 1 atom stereocenters. The summed E-state index contributed by atoms with van der Waals surface area (Å²) in [5.74, 6) is -1.71. The van der Waals surface area contributed by atoms with E-state index in [9.17, 15) is 36.4 Å². The number of aromatic nitrogens is 2. The number of alkyl halides is 3. The van der Waals surface area contributed by atoms with E-state index < -0.39 is 52.0 Å². The van der Waals surface area contributed by atoms with Gasteiger partial charge in [-0.2, -0.15) is 18.3 Å². The number of rotatable bonds is 12. The van der Waals surface area contributed by atoms with Crippen LogP contribution in [0.15, 0.2) is 95.1 Å². The monoisotopic (exact) mass is 716 g/mol. The average molecular weight is 717 g/mol. The Morgan fingerprint density at radius 1 is 1.02 bits per heavy atom. The number of amides is 1. The van der Waals surface area contributed by atoms with Crippen LogP contribution in [0.2, 0.25) is 0 Å². The molecule has 0 aliphatic carbocycles. The average Bonchev–Trinajstić information content (AvgIpc) is 3.52. The number of likely N-dealkylation sites (N-methyl/N-ethyl adjacent to an activating group) is 1. The molecule has 0 saturated heterocycles. The number of hydrogen-bond donors (Lipinski definition) is 1. The summed E-state index contributed by atoms with van der Waals surface area (Å²) >= 11 is 0. The minimum Gasteiger partial charge on any atom is -0.569 e.